The smallest absolute Gasteiger partial charge is 0.291 e. The summed E-state index contributed by atoms with van der Waals surface area (Å²) in [5.74, 6) is 0.533. The average molecular weight is 301 g/mol. The van der Waals surface area contributed by atoms with Crippen molar-refractivity contribution in [2.75, 3.05) is 0 Å². The lowest BCUT2D eigenvalue weighted by molar-refractivity contribution is 0.0941. The number of aryl methyl sites for hydroxylation is 1. The standard InChI is InChI=1S/C9H9BrN4OS/c1-5-12-8(14-13-5)9(15)11-3-7-2-6(10)4-16-7/h2,4H,3H2,1H3,(H,11,15)(H,12,13,14). The first kappa shape index (κ1) is 11.3. The van der Waals surface area contributed by atoms with Crippen molar-refractivity contribution in [2.24, 2.45) is 0 Å². The number of aromatic nitrogens is 3. The van der Waals surface area contributed by atoms with Crippen molar-refractivity contribution in [3.05, 3.63) is 32.4 Å². The molecule has 0 bridgehead atoms. The highest BCUT2D eigenvalue weighted by atomic mass is 79.9. The van der Waals surface area contributed by atoms with Gasteiger partial charge in [0, 0.05) is 14.7 Å². The largest absolute Gasteiger partial charge is 0.344 e. The van der Waals surface area contributed by atoms with E-state index in [2.05, 4.69) is 36.4 Å². The zero-order valence-electron chi connectivity index (χ0n) is 8.45. The van der Waals surface area contributed by atoms with Crippen LogP contribution in [0.25, 0.3) is 0 Å². The maximum Gasteiger partial charge on any atom is 0.291 e. The van der Waals surface area contributed by atoms with E-state index in [4.69, 9.17) is 0 Å². The number of hydrogen-bond acceptors (Lipinski definition) is 4. The van der Waals surface area contributed by atoms with Gasteiger partial charge in [-0.1, -0.05) is 0 Å². The Morgan fingerprint density at radius 3 is 3.06 bits per heavy atom. The van der Waals surface area contributed by atoms with E-state index in [0.29, 0.717) is 12.4 Å². The molecule has 0 unspecified atom stereocenters. The van der Waals surface area contributed by atoms with Crippen LogP contribution in [0.1, 0.15) is 21.3 Å². The molecular formula is C9H9BrN4OS. The van der Waals surface area contributed by atoms with Crippen LogP contribution in [0.4, 0.5) is 0 Å². The van der Waals surface area contributed by atoms with Gasteiger partial charge in [0.15, 0.2) is 0 Å². The molecule has 84 valence electrons. The monoisotopic (exact) mass is 300 g/mol. The van der Waals surface area contributed by atoms with Crippen LogP contribution >= 0.6 is 27.3 Å². The summed E-state index contributed by atoms with van der Waals surface area (Å²) >= 11 is 4.94. The van der Waals surface area contributed by atoms with Crippen molar-refractivity contribution < 1.29 is 4.79 Å². The van der Waals surface area contributed by atoms with Crippen LogP contribution in [0.3, 0.4) is 0 Å². The zero-order valence-corrected chi connectivity index (χ0v) is 10.9. The van der Waals surface area contributed by atoms with E-state index in [0.717, 1.165) is 9.35 Å². The molecule has 0 saturated carbocycles. The van der Waals surface area contributed by atoms with Gasteiger partial charge in [-0.3, -0.25) is 9.89 Å². The number of nitrogens with zero attached hydrogens (tertiary/aromatic N) is 2. The summed E-state index contributed by atoms with van der Waals surface area (Å²) in [5.41, 5.74) is 0. The fraction of sp³-hybridized carbons (Fsp3) is 0.222. The van der Waals surface area contributed by atoms with E-state index in [1.54, 1.807) is 18.3 Å². The average Bonchev–Trinajstić information content (AvgIpc) is 2.84. The molecule has 0 aliphatic carbocycles. The molecule has 5 nitrogen and oxygen atoms in total. The highest BCUT2D eigenvalue weighted by molar-refractivity contribution is 9.10. The summed E-state index contributed by atoms with van der Waals surface area (Å²) in [7, 11) is 0. The number of nitrogens with one attached hydrogen (secondary N) is 2. The van der Waals surface area contributed by atoms with Gasteiger partial charge >= 0.3 is 0 Å². The third-order valence-corrected chi connectivity index (χ3v) is 3.54. The summed E-state index contributed by atoms with van der Waals surface area (Å²) in [6.45, 7) is 2.24. The Morgan fingerprint density at radius 1 is 1.69 bits per heavy atom. The summed E-state index contributed by atoms with van der Waals surface area (Å²) in [4.78, 5) is 16.6. The van der Waals surface area contributed by atoms with Crippen LogP contribution < -0.4 is 5.32 Å². The molecule has 0 saturated heterocycles. The quantitative estimate of drug-likeness (QED) is 0.909. The number of halogens is 1. The van der Waals surface area contributed by atoms with Gasteiger partial charge in [0.05, 0.1) is 6.54 Å². The highest BCUT2D eigenvalue weighted by Gasteiger charge is 2.10. The lowest BCUT2D eigenvalue weighted by Gasteiger charge is -1.98. The summed E-state index contributed by atoms with van der Waals surface area (Å²) < 4.78 is 1.02. The minimum Gasteiger partial charge on any atom is -0.344 e. The Balaban J connectivity index is 1.93. The first-order valence-electron chi connectivity index (χ1n) is 4.55. The molecule has 1 amide bonds. The molecule has 7 heteroatoms. The SMILES string of the molecule is Cc1nc(C(=O)NCc2cc(Br)cs2)n[nH]1. The van der Waals surface area contributed by atoms with Crippen LogP contribution in [-0.4, -0.2) is 21.1 Å². The molecule has 0 aliphatic heterocycles. The number of H-pyrrole nitrogens is 1. The lowest BCUT2D eigenvalue weighted by atomic mass is 10.4. The lowest BCUT2D eigenvalue weighted by Crippen LogP contribution is -2.23. The molecule has 2 aromatic heterocycles. The number of carbonyl (C=O) groups excluding carboxylic acids is 1. The van der Waals surface area contributed by atoms with Gasteiger partial charge in [-0.25, -0.2) is 4.98 Å². The molecular weight excluding hydrogens is 292 g/mol. The fourth-order valence-electron chi connectivity index (χ4n) is 1.14. The van der Waals surface area contributed by atoms with E-state index >= 15 is 0 Å². The van der Waals surface area contributed by atoms with E-state index in [9.17, 15) is 4.79 Å². The molecule has 16 heavy (non-hydrogen) atoms. The van der Waals surface area contributed by atoms with Crippen LogP contribution in [-0.2, 0) is 6.54 Å². The Labute approximate surface area is 104 Å². The van der Waals surface area contributed by atoms with Gasteiger partial charge < -0.3 is 5.32 Å². The zero-order chi connectivity index (χ0) is 11.5. The fourth-order valence-corrected chi connectivity index (χ4v) is 2.53. The molecule has 0 atom stereocenters. The van der Waals surface area contributed by atoms with Gasteiger partial charge in [0.1, 0.15) is 5.82 Å². The van der Waals surface area contributed by atoms with E-state index in [1.165, 1.54) is 0 Å². The molecule has 0 spiro atoms. The maximum atomic E-state index is 11.6. The van der Waals surface area contributed by atoms with Crippen LogP contribution in [0, 0.1) is 6.92 Å². The number of carbonyl (C=O) groups is 1. The summed E-state index contributed by atoms with van der Waals surface area (Å²) in [5, 5.41) is 11.1. The third-order valence-electron chi connectivity index (χ3n) is 1.85. The molecule has 2 rings (SSSR count). The summed E-state index contributed by atoms with van der Waals surface area (Å²) in [6, 6.07) is 1.97. The van der Waals surface area contributed by atoms with Gasteiger partial charge in [-0.15, -0.1) is 16.4 Å². The minimum absolute atomic E-state index is 0.174. The van der Waals surface area contributed by atoms with E-state index in [-0.39, 0.29) is 11.7 Å². The molecule has 2 heterocycles. The van der Waals surface area contributed by atoms with Crippen molar-refractivity contribution in [3.8, 4) is 0 Å². The highest BCUT2D eigenvalue weighted by Crippen LogP contribution is 2.19. The number of amides is 1. The van der Waals surface area contributed by atoms with Gasteiger partial charge in [-0.2, -0.15) is 0 Å². The van der Waals surface area contributed by atoms with E-state index < -0.39 is 0 Å². The predicted molar refractivity (Wildman–Crippen MR) is 64.3 cm³/mol. The van der Waals surface area contributed by atoms with Crippen LogP contribution in [0.5, 0.6) is 0 Å². The number of rotatable bonds is 3. The first-order valence-corrected chi connectivity index (χ1v) is 6.22. The summed E-state index contributed by atoms with van der Waals surface area (Å²) in [6.07, 6.45) is 0. The molecule has 2 aromatic rings. The second kappa shape index (κ2) is 4.75. The van der Waals surface area contributed by atoms with Crippen LogP contribution in [0.15, 0.2) is 15.9 Å². The minimum atomic E-state index is -0.270. The first-order chi connectivity index (χ1) is 7.65. The Bertz CT molecular complexity index is 507. The topological polar surface area (TPSA) is 70.7 Å². The Hall–Kier alpha value is -1.21. The molecule has 0 radical (unpaired) electrons. The third kappa shape index (κ3) is 2.67. The van der Waals surface area contributed by atoms with E-state index in [1.807, 2.05) is 11.4 Å². The Morgan fingerprint density at radius 2 is 2.50 bits per heavy atom. The van der Waals surface area contributed by atoms with Gasteiger partial charge in [0.25, 0.3) is 5.91 Å². The maximum absolute atomic E-state index is 11.6. The molecule has 0 aliphatic rings. The number of thiophene rings is 1. The van der Waals surface area contributed by atoms with Crippen molar-refractivity contribution >= 4 is 33.2 Å². The van der Waals surface area contributed by atoms with Crippen molar-refractivity contribution in [3.63, 3.8) is 0 Å². The predicted octanol–water partition coefficient (Wildman–Crippen LogP) is 1.87. The molecule has 2 N–H and O–H groups in total. The normalized spacial score (nSPS) is 10.4. The van der Waals surface area contributed by atoms with Crippen molar-refractivity contribution in [1.82, 2.24) is 20.5 Å². The number of aromatic amines is 1. The molecule has 0 aromatic carbocycles. The molecule has 0 fully saturated rings. The second-order valence-electron chi connectivity index (χ2n) is 3.16. The Kier molecular flexibility index (Phi) is 3.35. The number of hydrogen-bond donors (Lipinski definition) is 2. The second-order valence-corrected chi connectivity index (χ2v) is 5.07. The van der Waals surface area contributed by atoms with Crippen molar-refractivity contribution in [1.29, 1.82) is 0 Å². The van der Waals surface area contributed by atoms with Crippen molar-refractivity contribution in [2.45, 2.75) is 13.5 Å². The van der Waals surface area contributed by atoms with Gasteiger partial charge in [-0.05, 0) is 28.9 Å². The van der Waals surface area contributed by atoms with Crippen LogP contribution in [0.2, 0.25) is 0 Å². The van der Waals surface area contributed by atoms with Gasteiger partial charge in [0.2, 0.25) is 5.82 Å².